The van der Waals surface area contributed by atoms with Crippen LogP contribution in [0.2, 0.25) is 10.0 Å². The third kappa shape index (κ3) is 4.94. The van der Waals surface area contributed by atoms with Gasteiger partial charge in [0.1, 0.15) is 0 Å². The molecule has 0 unspecified atom stereocenters. The van der Waals surface area contributed by atoms with Crippen LogP contribution in [0.25, 0.3) is 0 Å². The molecule has 0 saturated carbocycles. The molecule has 5 nitrogen and oxygen atoms in total. The number of hydrogen-bond acceptors (Lipinski definition) is 4. The predicted octanol–water partition coefficient (Wildman–Crippen LogP) is 3.74. The van der Waals surface area contributed by atoms with Crippen molar-refractivity contribution >= 4 is 34.8 Å². The lowest BCUT2D eigenvalue weighted by Gasteiger charge is -2.11. The first-order valence-corrected chi connectivity index (χ1v) is 7.95. The number of halogens is 2. The fourth-order valence-corrected chi connectivity index (χ4v) is 2.42. The molecule has 0 aliphatic heterocycles. The third-order valence-corrected chi connectivity index (χ3v) is 3.87. The van der Waals surface area contributed by atoms with Crippen LogP contribution in [0.5, 0.6) is 11.5 Å². The van der Waals surface area contributed by atoms with Gasteiger partial charge in [-0.05, 0) is 35.9 Å². The SMILES string of the molecule is COc1ccc(CNC(=O)CNc2cc(Cl)ccc2Cl)cc1OC. The fourth-order valence-electron chi connectivity index (χ4n) is 2.06. The van der Waals surface area contributed by atoms with Crippen molar-refractivity contribution < 1.29 is 14.3 Å². The zero-order valence-electron chi connectivity index (χ0n) is 13.4. The highest BCUT2D eigenvalue weighted by Gasteiger charge is 2.07. The lowest BCUT2D eigenvalue weighted by atomic mass is 10.2. The summed E-state index contributed by atoms with van der Waals surface area (Å²) < 4.78 is 10.4. The van der Waals surface area contributed by atoms with E-state index in [-0.39, 0.29) is 12.5 Å². The maximum absolute atomic E-state index is 12.0. The predicted molar refractivity (Wildman–Crippen MR) is 96.3 cm³/mol. The summed E-state index contributed by atoms with van der Waals surface area (Å²) in [5, 5.41) is 6.83. The second-order valence-corrected chi connectivity index (χ2v) is 5.79. The van der Waals surface area contributed by atoms with E-state index in [2.05, 4.69) is 10.6 Å². The fraction of sp³-hybridized carbons (Fsp3) is 0.235. The molecule has 0 heterocycles. The van der Waals surface area contributed by atoms with Gasteiger partial charge in [0, 0.05) is 11.6 Å². The Bertz CT molecular complexity index is 723. The Kier molecular flexibility index (Phi) is 6.58. The Labute approximate surface area is 150 Å². The molecule has 0 atom stereocenters. The maximum atomic E-state index is 12.0. The van der Waals surface area contributed by atoms with Gasteiger partial charge in [0.25, 0.3) is 0 Å². The van der Waals surface area contributed by atoms with Gasteiger partial charge in [-0.25, -0.2) is 0 Å². The van der Waals surface area contributed by atoms with Crippen molar-refractivity contribution in [2.75, 3.05) is 26.1 Å². The summed E-state index contributed by atoms with van der Waals surface area (Å²) in [6, 6.07) is 10.5. The van der Waals surface area contributed by atoms with Gasteiger partial charge in [-0.1, -0.05) is 29.3 Å². The highest BCUT2D eigenvalue weighted by Crippen LogP contribution is 2.27. The quantitative estimate of drug-likeness (QED) is 0.781. The van der Waals surface area contributed by atoms with E-state index in [1.54, 1.807) is 38.5 Å². The Morgan fingerprint density at radius 3 is 2.50 bits per heavy atom. The molecule has 2 N–H and O–H groups in total. The number of carbonyl (C=O) groups excluding carboxylic acids is 1. The Morgan fingerprint density at radius 2 is 1.79 bits per heavy atom. The van der Waals surface area contributed by atoms with Gasteiger partial charge in [0.05, 0.1) is 31.5 Å². The summed E-state index contributed by atoms with van der Waals surface area (Å²) >= 11 is 11.9. The van der Waals surface area contributed by atoms with Crippen LogP contribution in [0.4, 0.5) is 5.69 Å². The lowest BCUT2D eigenvalue weighted by molar-refractivity contribution is -0.119. The van der Waals surface area contributed by atoms with Crippen LogP contribution in [0.3, 0.4) is 0 Å². The van der Waals surface area contributed by atoms with E-state index in [4.69, 9.17) is 32.7 Å². The number of hydrogen-bond donors (Lipinski definition) is 2. The number of carbonyl (C=O) groups is 1. The first-order chi connectivity index (χ1) is 11.5. The van der Waals surface area contributed by atoms with Gasteiger partial charge in [-0.2, -0.15) is 0 Å². The molecule has 0 spiro atoms. The average Bonchev–Trinajstić information content (AvgIpc) is 2.60. The number of methoxy groups -OCH3 is 2. The molecule has 0 fully saturated rings. The van der Waals surface area contributed by atoms with E-state index in [0.29, 0.717) is 33.8 Å². The van der Waals surface area contributed by atoms with Crippen LogP contribution in [0, 0.1) is 0 Å². The number of nitrogens with one attached hydrogen (secondary N) is 2. The van der Waals surface area contributed by atoms with E-state index >= 15 is 0 Å². The minimum atomic E-state index is -0.166. The van der Waals surface area contributed by atoms with Gasteiger partial charge >= 0.3 is 0 Å². The molecule has 2 aromatic carbocycles. The summed E-state index contributed by atoms with van der Waals surface area (Å²) in [5.74, 6) is 1.10. The normalized spacial score (nSPS) is 10.2. The molecule has 0 aliphatic carbocycles. The summed E-state index contributed by atoms with van der Waals surface area (Å²) in [6.45, 7) is 0.470. The number of anilines is 1. The largest absolute Gasteiger partial charge is 0.493 e. The van der Waals surface area contributed by atoms with E-state index in [1.165, 1.54) is 0 Å². The van der Waals surface area contributed by atoms with Crippen molar-refractivity contribution in [1.82, 2.24) is 5.32 Å². The Hall–Kier alpha value is -2.11. The van der Waals surface area contributed by atoms with E-state index in [1.807, 2.05) is 12.1 Å². The summed E-state index contributed by atoms with van der Waals surface area (Å²) in [7, 11) is 3.14. The number of rotatable bonds is 7. The smallest absolute Gasteiger partial charge is 0.239 e. The van der Waals surface area contributed by atoms with Crippen molar-refractivity contribution in [2.24, 2.45) is 0 Å². The second-order valence-electron chi connectivity index (χ2n) is 4.94. The minimum Gasteiger partial charge on any atom is -0.493 e. The van der Waals surface area contributed by atoms with E-state index < -0.39 is 0 Å². The molecule has 1 amide bonds. The van der Waals surface area contributed by atoms with Crippen molar-refractivity contribution in [1.29, 1.82) is 0 Å². The molecule has 128 valence electrons. The molecular weight excluding hydrogens is 351 g/mol. The van der Waals surface area contributed by atoms with Crippen LogP contribution in [0.1, 0.15) is 5.56 Å². The zero-order valence-corrected chi connectivity index (χ0v) is 14.9. The highest BCUT2D eigenvalue weighted by molar-refractivity contribution is 6.35. The first-order valence-electron chi connectivity index (χ1n) is 7.20. The minimum absolute atomic E-state index is 0.0906. The standard InChI is InChI=1S/C17H18Cl2N2O3/c1-23-15-6-3-11(7-16(15)24-2)9-21-17(22)10-20-14-8-12(18)4-5-13(14)19/h3-8,20H,9-10H2,1-2H3,(H,21,22). The topological polar surface area (TPSA) is 59.6 Å². The van der Waals surface area contributed by atoms with Gasteiger partial charge < -0.3 is 20.1 Å². The van der Waals surface area contributed by atoms with Crippen LogP contribution in [-0.4, -0.2) is 26.7 Å². The highest BCUT2D eigenvalue weighted by atomic mass is 35.5. The Morgan fingerprint density at radius 1 is 1.04 bits per heavy atom. The van der Waals surface area contributed by atoms with Crippen LogP contribution < -0.4 is 20.1 Å². The van der Waals surface area contributed by atoms with Crippen molar-refractivity contribution in [2.45, 2.75) is 6.54 Å². The van der Waals surface area contributed by atoms with Crippen molar-refractivity contribution in [3.05, 3.63) is 52.0 Å². The molecule has 0 bridgehead atoms. The summed E-state index contributed by atoms with van der Waals surface area (Å²) in [5.41, 5.74) is 1.52. The number of benzene rings is 2. The molecule has 0 saturated heterocycles. The average molecular weight is 369 g/mol. The molecule has 2 rings (SSSR count). The molecule has 0 aromatic heterocycles. The van der Waals surface area contributed by atoms with Gasteiger partial charge in [-0.15, -0.1) is 0 Å². The van der Waals surface area contributed by atoms with Crippen LogP contribution >= 0.6 is 23.2 Å². The van der Waals surface area contributed by atoms with E-state index in [9.17, 15) is 4.79 Å². The molecule has 0 aliphatic rings. The van der Waals surface area contributed by atoms with Gasteiger partial charge in [-0.3, -0.25) is 4.79 Å². The van der Waals surface area contributed by atoms with E-state index in [0.717, 1.165) is 5.56 Å². The number of ether oxygens (including phenoxy) is 2. The van der Waals surface area contributed by atoms with Crippen molar-refractivity contribution in [3.8, 4) is 11.5 Å². The zero-order chi connectivity index (χ0) is 17.5. The summed E-state index contributed by atoms with van der Waals surface area (Å²) in [4.78, 5) is 12.0. The summed E-state index contributed by atoms with van der Waals surface area (Å²) in [6.07, 6.45) is 0. The maximum Gasteiger partial charge on any atom is 0.239 e. The van der Waals surface area contributed by atoms with Gasteiger partial charge in [0.15, 0.2) is 11.5 Å². The van der Waals surface area contributed by atoms with Crippen LogP contribution in [-0.2, 0) is 11.3 Å². The molecule has 24 heavy (non-hydrogen) atoms. The molecule has 0 radical (unpaired) electrons. The van der Waals surface area contributed by atoms with Gasteiger partial charge in [0.2, 0.25) is 5.91 Å². The number of amides is 1. The monoisotopic (exact) mass is 368 g/mol. The second kappa shape index (κ2) is 8.66. The molecule has 7 heteroatoms. The first kappa shape index (κ1) is 18.2. The Balaban J connectivity index is 1.88. The third-order valence-electron chi connectivity index (χ3n) is 3.31. The lowest BCUT2D eigenvalue weighted by Crippen LogP contribution is -2.29. The molecule has 2 aromatic rings. The van der Waals surface area contributed by atoms with Crippen LogP contribution in [0.15, 0.2) is 36.4 Å². The van der Waals surface area contributed by atoms with Crippen molar-refractivity contribution in [3.63, 3.8) is 0 Å². The molecular formula is C17H18Cl2N2O3.